The third-order valence-corrected chi connectivity index (χ3v) is 13.2. The zero-order chi connectivity index (χ0) is 42.1. The number of anilines is 3. The maximum Gasteiger partial charge on any atom is 0.159 e. The zero-order valence-corrected chi connectivity index (χ0v) is 34.9. The van der Waals surface area contributed by atoms with E-state index < -0.39 is 0 Å². The van der Waals surface area contributed by atoms with Gasteiger partial charge in [0.05, 0.1) is 5.69 Å². The van der Waals surface area contributed by atoms with E-state index in [4.69, 9.17) is 4.42 Å². The molecule has 0 amide bonds. The third kappa shape index (κ3) is 5.95. The van der Waals surface area contributed by atoms with Crippen LogP contribution in [0.5, 0.6) is 0 Å². The van der Waals surface area contributed by atoms with Crippen LogP contribution in [0.3, 0.4) is 0 Å². The predicted octanol–water partition coefficient (Wildman–Crippen LogP) is 17.8. The quantitative estimate of drug-likeness (QED) is 0.156. The maximum atomic E-state index is 6.95. The Morgan fingerprint density at radius 1 is 0.266 bits per heavy atom. The molecule has 0 saturated carbocycles. The van der Waals surface area contributed by atoms with Crippen LogP contribution in [0.4, 0.5) is 17.1 Å². The third-order valence-electron chi connectivity index (χ3n) is 13.2. The second kappa shape index (κ2) is 14.6. The van der Waals surface area contributed by atoms with Gasteiger partial charge in [-0.05, 0) is 142 Å². The maximum absolute atomic E-state index is 6.95. The van der Waals surface area contributed by atoms with Crippen LogP contribution in [-0.4, -0.2) is 0 Å². The Morgan fingerprint density at radius 2 is 0.844 bits per heavy atom. The van der Waals surface area contributed by atoms with E-state index in [1.165, 1.54) is 70.7 Å². The molecule has 0 N–H and O–H groups in total. The van der Waals surface area contributed by atoms with Gasteiger partial charge in [0.2, 0.25) is 0 Å². The summed E-state index contributed by atoms with van der Waals surface area (Å²) in [5.41, 5.74) is 11.9. The highest BCUT2D eigenvalue weighted by molar-refractivity contribution is 6.15. The molecular weight excluding hydrogens is 775 g/mol. The first kappa shape index (κ1) is 36.2. The Balaban J connectivity index is 0.998. The SMILES string of the molecule is c1cc(-c2ccc(-c3cc4ccccc4c4ccccc34)cc2)cc(N(c2cc(-c3ccc4ccccc4c3)c3ccccc3c2)c2cccc3c2oc2cc4ccccc4cc23)c1. The molecule has 0 aliphatic heterocycles. The predicted molar refractivity (Wildman–Crippen MR) is 272 cm³/mol. The average molecular weight is 814 g/mol. The summed E-state index contributed by atoms with van der Waals surface area (Å²) in [7, 11) is 0. The van der Waals surface area contributed by atoms with E-state index in [1.54, 1.807) is 0 Å². The van der Waals surface area contributed by atoms with Gasteiger partial charge in [-0.1, -0.05) is 182 Å². The van der Waals surface area contributed by atoms with Crippen LogP contribution in [0.15, 0.2) is 241 Å². The van der Waals surface area contributed by atoms with Gasteiger partial charge < -0.3 is 9.32 Å². The standard InChI is InChI=1S/C62H39NO/c1-2-14-43-33-49(32-29-40(43)13-1)58-39-51(35-47-17-5-8-22-53(47)58)63(60-26-12-25-56-59-36-45-15-3-4-16-46(45)38-61(59)64-62(56)60)50-20-11-19-44(34-50)41-27-30-42(31-28-41)57-37-48-18-6-7-21-52(48)54-23-9-10-24-55(54)57/h1-39H. The van der Waals surface area contributed by atoms with Gasteiger partial charge in [-0.15, -0.1) is 0 Å². The summed E-state index contributed by atoms with van der Waals surface area (Å²) in [6, 6.07) is 86.1. The van der Waals surface area contributed by atoms with E-state index >= 15 is 0 Å². The molecule has 1 heterocycles. The van der Waals surface area contributed by atoms with Crippen LogP contribution < -0.4 is 4.90 Å². The fourth-order valence-corrected chi connectivity index (χ4v) is 10.1. The van der Waals surface area contributed by atoms with Crippen molar-refractivity contribution in [3.8, 4) is 33.4 Å². The minimum atomic E-state index is 0.852. The lowest BCUT2D eigenvalue weighted by atomic mass is 9.92. The molecule has 298 valence electrons. The number of para-hydroxylation sites is 1. The van der Waals surface area contributed by atoms with Gasteiger partial charge >= 0.3 is 0 Å². The minimum Gasteiger partial charge on any atom is -0.454 e. The van der Waals surface area contributed by atoms with Crippen LogP contribution in [-0.2, 0) is 0 Å². The molecule has 1 aromatic heterocycles. The van der Waals surface area contributed by atoms with Gasteiger partial charge in [-0.3, -0.25) is 0 Å². The Hall–Kier alpha value is -8.46. The van der Waals surface area contributed by atoms with Gasteiger partial charge in [-0.2, -0.15) is 0 Å². The monoisotopic (exact) mass is 813 g/mol. The van der Waals surface area contributed by atoms with E-state index in [2.05, 4.69) is 241 Å². The number of furan rings is 1. The second-order valence-corrected chi connectivity index (χ2v) is 16.9. The highest BCUT2D eigenvalue weighted by Gasteiger charge is 2.22. The molecule has 13 aromatic rings. The van der Waals surface area contributed by atoms with E-state index in [-0.39, 0.29) is 0 Å². The lowest BCUT2D eigenvalue weighted by Gasteiger charge is -2.27. The Bertz CT molecular complexity index is 3970. The molecular formula is C62H39NO. The average Bonchev–Trinajstić information content (AvgIpc) is 3.73. The number of hydrogen-bond donors (Lipinski definition) is 0. The van der Waals surface area contributed by atoms with Crippen LogP contribution in [0.1, 0.15) is 0 Å². The molecule has 0 aliphatic carbocycles. The largest absolute Gasteiger partial charge is 0.454 e. The van der Waals surface area contributed by atoms with Gasteiger partial charge in [0.25, 0.3) is 0 Å². The lowest BCUT2D eigenvalue weighted by molar-refractivity contribution is 0.669. The Labute approximate surface area is 370 Å². The van der Waals surface area contributed by atoms with Crippen LogP contribution in [0, 0.1) is 0 Å². The summed E-state index contributed by atoms with van der Waals surface area (Å²) < 4.78 is 6.95. The van der Waals surface area contributed by atoms with E-state index in [0.29, 0.717) is 0 Å². The van der Waals surface area contributed by atoms with Crippen molar-refractivity contribution in [3.63, 3.8) is 0 Å². The number of nitrogens with zero attached hydrogens (tertiary/aromatic N) is 1. The molecule has 12 aromatic carbocycles. The first-order valence-corrected chi connectivity index (χ1v) is 22.0. The Morgan fingerprint density at radius 3 is 1.64 bits per heavy atom. The van der Waals surface area contributed by atoms with Crippen molar-refractivity contribution in [1.82, 2.24) is 0 Å². The zero-order valence-electron chi connectivity index (χ0n) is 34.9. The summed E-state index contributed by atoms with van der Waals surface area (Å²) >= 11 is 0. The topological polar surface area (TPSA) is 16.4 Å². The highest BCUT2D eigenvalue weighted by Crippen LogP contribution is 2.46. The molecule has 0 unspecified atom stereocenters. The molecule has 0 radical (unpaired) electrons. The fourth-order valence-electron chi connectivity index (χ4n) is 10.1. The summed E-state index contributed by atoms with van der Waals surface area (Å²) in [6.07, 6.45) is 0. The van der Waals surface area contributed by atoms with Gasteiger partial charge in [0.1, 0.15) is 5.58 Å². The molecule has 64 heavy (non-hydrogen) atoms. The highest BCUT2D eigenvalue weighted by atomic mass is 16.3. The number of rotatable bonds is 6. The summed E-state index contributed by atoms with van der Waals surface area (Å²) in [5, 5.41) is 14.5. The number of fused-ring (bicyclic) bond motifs is 9. The molecule has 2 heteroatoms. The van der Waals surface area contributed by atoms with Crippen molar-refractivity contribution in [2.24, 2.45) is 0 Å². The van der Waals surface area contributed by atoms with Crippen LogP contribution in [0.2, 0.25) is 0 Å². The number of hydrogen-bond acceptors (Lipinski definition) is 2. The van der Waals surface area contributed by atoms with E-state index in [0.717, 1.165) is 55.5 Å². The van der Waals surface area contributed by atoms with Gasteiger partial charge in [-0.25, -0.2) is 0 Å². The fraction of sp³-hybridized carbons (Fsp3) is 0. The first-order chi connectivity index (χ1) is 31.7. The van der Waals surface area contributed by atoms with E-state index in [9.17, 15) is 0 Å². The normalized spacial score (nSPS) is 11.8. The summed E-state index contributed by atoms with van der Waals surface area (Å²) in [6.45, 7) is 0. The smallest absolute Gasteiger partial charge is 0.159 e. The second-order valence-electron chi connectivity index (χ2n) is 16.9. The molecule has 0 fully saturated rings. The summed E-state index contributed by atoms with van der Waals surface area (Å²) in [5.74, 6) is 0. The molecule has 0 bridgehead atoms. The molecule has 0 aliphatic rings. The molecule has 0 atom stereocenters. The first-order valence-electron chi connectivity index (χ1n) is 22.0. The lowest BCUT2D eigenvalue weighted by Crippen LogP contribution is -2.10. The van der Waals surface area contributed by atoms with Crippen molar-refractivity contribution in [2.45, 2.75) is 0 Å². The molecule has 13 rings (SSSR count). The minimum absolute atomic E-state index is 0.852. The Kier molecular flexibility index (Phi) is 8.25. The van der Waals surface area contributed by atoms with Gasteiger partial charge in [0.15, 0.2) is 5.58 Å². The molecule has 2 nitrogen and oxygen atoms in total. The molecule has 0 saturated heterocycles. The summed E-state index contributed by atoms with van der Waals surface area (Å²) in [4.78, 5) is 2.39. The van der Waals surface area contributed by atoms with Crippen molar-refractivity contribution in [1.29, 1.82) is 0 Å². The molecule has 0 spiro atoms. The van der Waals surface area contributed by atoms with Crippen LogP contribution in [0.25, 0.3) is 109 Å². The van der Waals surface area contributed by atoms with Crippen molar-refractivity contribution in [2.75, 3.05) is 4.90 Å². The van der Waals surface area contributed by atoms with Crippen molar-refractivity contribution in [3.05, 3.63) is 237 Å². The number of benzene rings is 12. The van der Waals surface area contributed by atoms with E-state index in [1.807, 2.05) is 0 Å². The van der Waals surface area contributed by atoms with Crippen LogP contribution >= 0.6 is 0 Å². The van der Waals surface area contributed by atoms with Crippen molar-refractivity contribution < 1.29 is 4.42 Å². The van der Waals surface area contributed by atoms with Gasteiger partial charge in [0, 0.05) is 22.1 Å². The van der Waals surface area contributed by atoms with Crippen molar-refractivity contribution >= 4 is 92.9 Å².